The average Bonchev–Trinajstić information content (AvgIpc) is 3.31. The lowest BCUT2D eigenvalue weighted by Crippen LogP contribution is -2.47. The third kappa shape index (κ3) is 3.87. The highest BCUT2D eigenvalue weighted by molar-refractivity contribution is 7.89. The summed E-state index contributed by atoms with van der Waals surface area (Å²) in [5, 5.41) is 0.522. The van der Waals surface area contributed by atoms with E-state index < -0.39 is 10.0 Å². The molecule has 2 fully saturated rings. The standard InChI is InChI=1S/C16H21ClN2O3S/c1-11-10-13(17)4-5-15(11)23(21,22)18-14-6-8-19(9-7-14)16(20)12-2-3-12/h4-5,10,12,14,18H,2-3,6-9H2,1H3. The highest BCUT2D eigenvalue weighted by atomic mass is 35.5. The predicted molar refractivity (Wildman–Crippen MR) is 88.8 cm³/mol. The van der Waals surface area contributed by atoms with Gasteiger partial charge in [0.05, 0.1) is 4.90 Å². The molecule has 1 N–H and O–H groups in total. The first-order valence-electron chi connectivity index (χ1n) is 7.94. The molecule has 0 spiro atoms. The molecule has 0 atom stereocenters. The van der Waals surface area contributed by atoms with Crippen LogP contribution in [0.25, 0.3) is 0 Å². The van der Waals surface area contributed by atoms with E-state index in [1.807, 2.05) is 4.90 Å². The van der Waals surface area contributed by atoms with Crippen molar-refractivity contribution in [3.05, 3.63) is 28.8 Å². The Hall–Kier alpha value is -1.11. The fraction of sp³-hybridized carbons (Fsp3) is 0.562. The van der Waals surface area contributed by atoms with Crippen molar-refractivity contribution < 1.29 is 13.2 Å². The zero-order valence-electron chi connectivity index (χ0n) is 13.1. The molecular formula is C16H21ClN2O3S. The van der Waals surface area contributed by atoms with Crippen LogP contribution in [0.1, 0.15) is 31.2 Å². The smallest absolute Gasteiger partial charge is 0.241 e. The molecule has 0 radical (unpaired) electrons. The largest absolute Gasteiger partial charge is 0.342 e. The molecular weight excluding hydrogens is 336 g/mol. The van der Waals surface area contributed by atoms with Gasteiger partial charge in [0.25, 0.3) is 0 Å². The number of rotatable bonds is 4. The summed E-state index contributed by atoms with van der Waals surface area (Å²) in [6.07, 6.45) is 3.32. The highest BCUT2D eigenvalue weighted by Gasteiger charge is 2.35. The van der Waals surface area contributed by atoms with Crippen molar-refractivity contribution in [1.29, 1.82) is 0 Å². The lowest BCUT2D eigenvalue weighted by Gasteiger charge is -2.32. The van der Waals surface area contributed by atoms with Gasteiger partial charge in [-0.2, -0.15) is 0 Å². The van der Waals surface area contributed by atoms with Gasteiger partial charge in [-0.05, 0) is 56.4 Å². The molecule has 2 aliphatic rings. The van der Waals surface area contributed by atoms with Gasteiger partial charge in [-0.3, -0.25) is 4.79 Å². The summed E-state index contributed by atoms with van der Waals surface area (Å²) in [6, 6.07) is 4.64. The second-order valence-corrected chi connectivity index (χ2v) is 8.52. The fourth-order valence-corrected chi connectivity index (χ4v) is 4.76. The van der Waals surface area contributed by atoms with Crippen LogP contribution in [-0.4, -0.2) is 38.4 Å². The summed E-state index contributed by atoms with van der Waals surface area (Å²) in [5.41, 5.74) is 0.631. The summed E-state index contributed by atoms with van der Waals surface area (Å²) < 4.78 is 27.8. The molecule has 3 rings (SSSR count). The Morgan fingerprint density at radius 2 is 1.87 bits per heavy atom. The molecule has 23 heavy (non-hydrogen) atoms. The molecule has 1 saturated heterocycles. The number of halogens is 1. The van der Waals surface area contributed by atoms with E-state index >= 15 is 0 Å². The SMILES string of the molecule is Cc1cc(Cl)ccc1S(=O)(=O)NC1CCN(C(=O)C2CC2)CC1. The summed E-state index contributed by atoms with van der Waals surface area (Å²) in [5.74, 6) is 0.458. The number of nitrogens with one attached hydrogen (secondary N) is 1. The van der Waals surface area contributed by atoms with Crippen LogP contribution in [0.15, 0.2) is 23.1 Å². The average molecular weight is 357 g/mol. The van der Waals surface area contributed by atoms with Crippen LogP contribution in [0.3, 0.4) is 0 Å². The van der Waals surface area contributed by atoms with E-state index in [9.17, 15) is 13.2 Å². The number of hydrogen-bond acceptors (Lipinski definition) is 3. The minimum atomic E-state index is -3.56. The van der Waals surface area contributed by atoms with Crippen LogP contribution in [0.5, 0.6) is 0 Å². The van der Waals surface area contributed by atoms with Crippen molar-refractivity contribution in [2.45, 2.75) is 43.5 Å². The molecule has 1 amide bonds. The van der Waals surface area contributed by atoms with Gasteiger partial charge in [0.2, 0.25) is 15.9 Å². The van der Waals surface area contributed by atoms with Crippen LogP contribution < -0.4 is 4.72 Å². The van der Waals surface area contributed by atoms with Gasteiger partial charge in [0, 0.05) is 30.1 Å². The number of carbonyl (C=O) groups excluding carboxylic acids is 1. The lowest BCUT2D eigenvalue weighted by molar-refractivity contribution is -0.133. The number of amides is 1. The number of hydrogen-bond donors (Lipinski definition) is 1. The number of likely N-dealkylation sites (tertiary alicyclic amines) is 1. The van der Waals surface area contributed by atoms with Crippen LogP contribution in [-0.2, 0) is 14.8 Å². The molecule has 1 aliphatic carbocycles. The molecule has 0 aromatic heterocycles. The maximum atomic E-state index is 12.5. The molecule has 1 heterocycles. The number of piperidine rings is 1. The molecule has 1 aromatic carbocycles. The van der Waals surface area contributed by atoms with Gasteiger partial charge in [-0.15, -0.1) is 0 Å². The van der Waals surface area contributed by atoms with Crippen LogP contribution >= 0.6 is 11.6 Å². The van der Waals surface area contributed by atoms with E-state index in [4.69, 9.17) is 11.6 Å². The van der Waals surface area contributed by atoms with Gasteiger partial charge < -0.3 is 4.90 Å². The Bertz CT molecular complexity index is 708. The third-order valence-electron chi connectivity index (χ3n) is 4.48. The minimum Gasteiger partial charge on any atom is -0.342 e. The molecule has 1 saturated carbocycles. The molecule has 0 bridgehead atoms. The van der Waals surface area contributed by atoms with Gasteiger partial charge in [0.1, 0.15) is 0 Å². The second-order valence-electron chi connectivity index (χ2n) is 6.40. The Labute approximate surface area is 142 Å². The monoisotopic (exact) mass is 356 g/mol. The number of benzene rings is 1. The topological polar surface area (TPSA) is 66.5 Å². The molecule has 1 aromatic rings. The van der Waals surface area contributed by atoms with Crippen molar-refractivity contribution in [2.24, 2.45) is 5.92 Å². The van der Waals surface area contributed by atoms with Gasteiger partial charge in [0.15, 0.2) is 0 Å². The Morgan fingerprint density at radius 3 is 2.43 bits per heavy atom. The summed E-state index contributed by atoms with van der Waals surface area (Å²) in [6.45, 7) is 2.99. The van der Waals surface area contributed by atoms with E-state index in [-0.39, 0.29) is 22.8 Å². The quantitative estimate of drug-likeness (QED) is 0.900. The Morgan fingerprint density at radius 1 is 1.22 bits per heavy atom. The summed E-state index contributed by atoms with van der Waals surface area (Å²) in [7, 11) is -3.56. The summed E-state index contributed by atoms with van der Waals surface area (Å²) in [4.78, 5) is 14.2. The van der Waals surface area contributed by atoms with Gasteiger partial charge in [-0.25, -0.2) is 13.1 Å². The predicted octanol–water partition coefficient (Wildman–Crippen LogP) is 2.33. The number of nitrogens with zero attached hydrogens (tertiary/aromatic N) is 1. The Balaban J connectivity index is 1.62. The maximum Gasteiger partial charge on any atom is 0.241 e. The lowest BCUT2D eigenvalue weighted by atomic mass is 10.1. The van der Waals surface area contributed by atoms with E-state index in [2.05, 4.69) is 4.72 Å². The number of carbonyl (C=O) groups is 1. The van der Waals surface area contributed by atoms with Crippen molar-refractivity contribution in [3.63, 3.8) is 0 Å². The zero-order chi connectivity index (χ0) is 16.6. The molecule has 5 nitrogen and oxygen atoms in total. The van der Waals surface area contributed by atoms with Gasteiger partial charge in [-0.1, -0.05) is 11.6 Å². The van der Waals surface area contributed by atoms with E-state index in [0.29, 0.717) is 36.5 Å². The highest BCUT2D eigenvalue weighted by Crippen LogP contribution is 2.32. The van der Waals surface area contributed by atoms with Crippen molar-refractivity contribution in [1.82, 2.24) is 9.62 Å². The number of aryl methyl sites for hydroxylation is 1. The van der Waals surface area contributed by atoms with E-state index in [1.165, 1.54) is 6.07 Å². The first-order chi connectivity index (χ1) is 10.9. The van der Waals surface area contributed by atoms with E-state index in [1.54, 1.807) is 19.1 Å². The van der Waals surface area contributed by atoms with Gasteiger partial charge >= 0.3 is 0 Å². The molecule has 0 unspecified atom stereocenters. The second kappa shape index (κ2) is 6.42. The van der Waals surface area contributed by atoms with Crippen LogP contribution in [0.2, 0.25) is 5.02 Å². The molecule has 126 valence electrons. The Kier molecular flexibility index (Phi) is 4.67. The van der Waals surface area contributed by atoms with Crippen molar-refractivity contribution >= 4 is 27.5 Å². The normalized spacial score (nSPS) is 19.8. The van der Waals surface area contributed by atoms with Crippen molar-refractivity contribution in [3.8, 4) is 0 Å². The van der Waals surface area contributed by atoms with Crippen LogP contribution in [0.4, 0.5) is 0 Å². The molecule has 7 heteroatoms. The third-order valence-corrected chi connectivity index (χ3v) is 6.40. The first-order valence-corrected chi connectivity index (χ1v) is 9.80. The van der Waals surface area contributed by atoms with Crippen LogP contribution in [0, 0.1) is 12.8 Å². The minimum absolute atomic E-state index is 0.127. The van der Waals surface area contributed by atoms with Crippen molar-refractivity contribution in [2.75, 3.05) is 13.1 Å². The first kappa shape index (κ1) is 16.7. The maximum absolute atomic E-state index is 12.5. The summed E-state index contributed by atoms with van der Waals surface area (Å²) >= 11 is 5.88. The fourth-order valence-electron chi connectivity index (χ4n) is 3.00. The molecule has 1 aliphatic heterocycles. The van der Waals surface area contributed by atoms with E-state index in [0.717, 1.165) is 12.8 Å². The number of sulfonamides is 1. The zero-order valence-corrected chi connectivity index (χ0v) is 14.7.